The zero-order valence-electron chi connectivity index (χ0n) is 10.2. The van der Waals surface area contributed by atoms with Gasteiger partial charge in [-0.3, -0.25) is 0 Å². The van der Waals surface area contributed by atoms with E-state index < -0.39 is 29.8 Å². The summed E-state index contributed by atoms with van der Waals surface area (Å²) < 4.78 is 9.80. The fraction of sp³-hybridized carbons (Fsp3) is 0.800. The van der Waals surface area contributed by atoms with Gasteiger partial charge in [0.2, 0.25) is 0 Å². The van der Waals surface area contributed by atoms with Gasteiger partial charge >= 0.3 is 12.1 Å². The minimum Gasteiger partial charge on any atom is -0.480 e. The zero-order valence-corrected chi connectivity index (χ0v) is 10.2. The average Bonchev–Trinajstić information content (AvgIpc) is 2.09. The van der Waals surface area contributed by atoms with Crippen LogP contribution in [0.2, 0.25) is 0 Å². The largest absolute Gasteiger partial charge is 0.480 e. The van der Waals surface area contributed by atoms with Crippen molar-refractivity contribution in [1.82, 2.24) is 5.32 Å². The molecule has 0 aliphatic heterocycles. The molecule has 0 heterocycles. The molecule has 0 saturated heterocycles. The van der Waals surface area contributed by atoms with E-state index in [1.54, 1.807) is 27.7 Å². The van der Waals surface area contributed by atoms with E-state index in [-0.39, 0.29) is 0 Å². The number of amides is 1. The Hall–Kier alpha value is -1.30. The summed E-state index contributed by atoms with van der Waals surface area (Å²) in [5.74, 6) is -1.17. The first-order chi connectivity index (χ1) is 7.17. The highest BCUT2D eigenvalue weighted by atomic mass is 16.6. The topological polar surface area (TPSA) is 84.9 Å². The third-order valence-corrected chi connectivity index (χ3v) is 1.78. The van der Waals surface area contributed by atoms with Crippen molar-refractivity contribution >= 4 is 12.1 Å². The molecule has 1 amide bonds. The third kappa shape index (κ3) is 5.55. The highest BCUT2D eigenvalue weighted by Crippen LogP contribution is 2.07. The van der Waals surface area contributed by atoms with E-state index in [0.717, 1.165) is 0 Å². The maximum Gasteiger partial charge on any atom is 0.408 e. The van der Waals surface area contributed by atoms with E-state index in [1.165, 1.54) is 7.11 Å². The molecule has 0 radical (unpaired) electrons. The smallest absolute Gasteiger partial charge is 0.408 e. The van der Waals surface area contributed by atoms with Crippen LogP contribution in [0.4, 0.5) is 4.79 Å². The molecule has 16 heavy (non-hydrogen) atoms. The first kappa shape index (κ1) is 14.7. The summed E-state index contributed by atoms with van der Waals surface area (Å²) in [6, 6.07) is -1.13. The number of carbonyl (C=O) groups excluding carboxylic acids is 1. The minimum atomic E-state index is -1.17. The van der Waals surface area contributed by atoms with Crippen LogP contribution >= 0.6 is 0 Å². The van der Waals surface area contributed by atoms with Crippen LogP contribution in [0.15, 0.2) is 0 Å². The molecule has 0 saturated carbocycles. The molecule has 94 valence electrons. The second-order valence-electron chi connectivity index (χ2n) is 4.40. The number of carbonyl (C=O) groups is 2. The average molecular weight is 233 g/mol. The van der Waals surface area contributed by atoms with Crippen LogP contribution in [0.1, 0.15) is 27.7 Å². The zero-order chi connectivity index (χ0) is 12.9. The van der Waals surface area contributed by atoms with Gasteiger partial charge in [0.05, 0.1) is 6.10 Å². The summed E-state index contributed by atoms with van der Waals surface area (Å²) in [7, 11) is 1.37. The molecule has 0 bridgehead atoms. The quantitative estimate of drug-likeness (QED) is 0.756. The molecular weight excluding hydrogens is 214 g/mol. The van der Waals surface area contributed by atoms with Crippen LogP contribution in [0.3, 0.4) is 0 Å². The summed E-state index contributed by atoms with van der Waals surface area (Å²) in [5.41, 5.74) is -0.663. The number of rotatable bonds is 4. The fourth-order valence-corrected chi connectivity index (χ4v) is 0.950. The molecule has 2 atom stereocenters. The molecule has 0 aliphatic rings. The standard InChI is InChI=1S/C10H19NO5/c1-6(15-5)7(8(12)13)11-9(14)16-10(2,3)4/h6-7H,1-5H3,(H,11,14)(H,12,13)/t6-,7+/m0/s1. The van der Waals surface area contributed by atoms with Gasteiger partial charge in [0.1, 0.15) is 5.60 Å². The van der Waals surface area contributed by atoms with Crippen molar-refractivity contribution in [2.45, 2.75) is 45.4 Å². The van der Waals surface area contributed by atoms with E-state index >= 15 is 0 Å². The predicted octanol–water partition coefficient (Wildman–Crippen LogP) is 0.999. The normalized spacial score (nSPS) is 15.1. The summed E-state index contributed by atoms with van der Waals surface area (Å²) in [6.07, 6.45) is -1.41. The summed E-state index contributed by atoms with van der Waals surface area (Å²) >= 11 is 0. The predicted molar refractivity (Wildman–Crippen MR) is 57.3 cm³/mol. The number of nitrogens with one attached hydrogen (secondary N) is 1. The lowest BCUT2D eigenvalue weighted by Gasteiger charge is -2.24. The molecule has 0 aromatic carbocycles. The third-order valence-electron chi connectivity index (χ3n) is 1.78. The van der Waals surface area contributed by atoms with Crippen molar-refractivity contribution in [3.63, 3.8) is 0 Å². The highest BCUT2D eigenvalue weighted by molar-refractivity contribution is 5.80. The van der Waals surface area contributed by atoms with Crippen molar-refractivity contribution in [3.05, 3.63) is 0 Å². The Bertz CT molecular complexity index is 258. The van der Waals surface area contributed by atoms with Crippen molar-refractivity contribution < 1.29 is 24.2 Å². The number of ether oxygens (including phenoxy) is 2. The number of alkyl carbamates (subject to hydrolysis) is 1. The number of hydrogen-bond acceptors (Lipinski definition) is 4. The molecule has 0 aliphatic carbocycles. The van der Waals surface area contributed by atoms with Crippen molar-refractivity contribution in [3.8, 4) is 0 Å². The molecule has 0 rings (SSSR count). The van der Waals surface area contributed by atoms with Crippen LogP contribution < -0.4 is 5.32 Å². The van der Waals surface area contributed by atoms with Gasteiger partial charge in [-0.2, -0.15) is 0 Å². The fourth-order valence-electron chi connectivity index (χ4n) is 0.950. The van der Waals surface area contributed by atoms with Crippen LogP contribution in [0.25, 0.3) is 0 Å². The molecule has 6 heteroatoms. The van der Waals surface area contributed by atoms with Gasteiger partial charge in [-0.15, -0.1) is 0 Å². The lowest BCUT2D eigenvalue weighted by atomic mass is 10.2. The SMILES string of the molecule is CO[C@@H](C)[C@@H](NC(=O)OC(C)(C)C)C(=O)O. The molecule has 0 aromatic rings. The van der Waals surface area contributed by atoms with Crippen molar-refractivity contribution in [2.24, 2.45) is 0 Å². The lowest BCUT2D eigenvalue weighted by molar-refractivity contribution is -0.142. The summed E-state index contributed by atoms with van der Waals surface area (Å²) in [6.45, 7) is 6.64. The van der Waals surface area contributed by atoms with Gasteiger partial charge in [-0.05, 0) is 27.7 Å². The summed E-state index contributed by atoms with van der Waals surface area (Å²) in [5, 5.41) is 11.1. The van der Waals surface area contributed by atoms with E-state index in [2.05, 4.69) is 5.32 Å². The van der Waals surface area contributed by atoms with Crippen molar-refractivity contribution in [2.75, 3.05) is 7.11 Å². The Labute approximate surface area is 94.9 Å². The first-order valence-corrected chi connectivity index (χ1v) is 4.92. The van der Waals surface area contributed by atoms with Crippen LogP contribution in [0.5, 0.6) is 0 Å². The Kier molecular flexibility index (Phi) is 5.23. The molecule has 0 spiro atoms. The van der Waals surface area contributed by atoms with Crippen LogP contribution in [-0.4, -0.2) is 42.0 Å². The number of methoxy groups -OCH3 is 1. The van der Waals surface area contributed by atoms with E-state index in [0.29, 0.717) is 0 Å². The maximum atomic E-state index is 11.3. The van der Waals surface area contributed by atoms with Crippen molar-refractivity contribution in [1.29, 1.82) is 0 Å². The highest BCUT2D eigenvalue weighted by Gasteiger charge is 2.28. The van der Waals surface area contributed by atoms with Gasteiger partial charge in [-0.1, -0.05) is 0 Å². The number of carboxylic acid groups (broad SMARTS) is 1. The van der Waals surface area contributed by atoms with Crippen LogP contribution in [-0.2, 0) is 14.3 Å². The summed E-state index contributed by atoms with van der Waals surface area (Å²) in [4.78, 5) is 22.2. The molecule has 2 N–H and O–H groups in total. The van der Waals surface area contributed by atoms with Crippen LogP contribution in [0, 0.1) is 0 Å². The minimum absolute atomic E-state index is 0.634. The molecule has 0 unspecified atom stereocenters. The molecule has 0 aromatic heterocycles. The van der Waals surface area contributed by atoms with E-state index in [4.69, 9.17) is 14.6 Å². The first-order valence-electron chi connectivity index (χ1n) is 4.92. The Morgan fingerprint density at radius 1 is 1.31 bits per heavy atom. The van der Waals surface area contributed by atoms with E-state index in [9.17, 15) is 9.59 Å². The van der Waals surface area contributed by atoms with Gasteiger partial charge in [-0.25, -0.2) is 9.59 Å². The van der Waals surface area contributed by atoms with Gasteiger partial charge in [0, 0.05) is 7.11 Å². The maximum absolute atomic E-state index is 11.3. The van der Waals surface area contributed by atoms with Gasteiger partial charge in [0.25, 0.3) is 0 Å². The van der Waals surface area contributed by atoms with Gasteiger partial charge in [0.15, 0.2) is 6.04 Å². The lowest BCUT2D eigenvalue weighted by Crippen LogP contribution is -2.49. The molecule has 0 fully saturated rings. The number of carboxylic acids is 1. The molecular formula is C10H19NO5. The number of aliphatic carboxylic acids is 1. The number of hydrogen-bond donors (Lipinski definition) is 2. The Balaban J connectivity index is 4.42. The molecule has 6 nitrogen and oxygen atoms in total. The van der Waals surface area contributed by atoms with E-state index in [1.807, 2.05) is 0 Å². The van der Waals surface area contributed by atoms with Gasteiger partial charge < -0.3 is 19.9 Å². The monoisotopic (exact) mass is 233 g/mol. The second-order valence-corrected chi connectivity index (χ2v) is 4.40. The Morgan fingerprint density at radius 3 is 2.12 bits per heavy atom. The second kappa shape index (κ2) is 5.69. The Morgan fingerprint density at radius 2 is 1.81 bits per heavy atom.